The molecule has 1 aliphatic heterocycles. The molecular weight excluding hydrogens is 300 g/mol. The van der Waals surface area contributed by atoms with Crippen molar-refractivity contribution in [2.45, 2.75) is 83.8 Å². The summed E-state index contributed by atoms with van der Waals surface area (Å²) in [4.78, 5) is 12.8. The fourth-order valence-electron chi connectivity index (χ4n) is 7.86. The van der Waals surface area contributed by atoms with Crippen molar-refractivity contribution < 1.29 is 14.6 Å². The fraction of sp³-hybridized carbons (Fsp3) is 0.857. The van der Waals surface area contributed by atoms with Gasteiger partial charge in [0.2, 0.25) is 0 Å². The Labute approximate surface area is 144 Å². The number of Topliss-reactive ketones (excluding diaryl/α,β-unsaturated/α-hetero) is 1. The Balaban J connectivity index is 1.75. The first-order valence-electron chi connectivity index (χ1n) is 9.92. The van der Waals surface area contributed by atoms with Crippen molar-refractivity contribution in [3.8, 4) is 0 Å². The summed E-state index contributed by atoms with van der Waals surface area (Å²) < 4.78 is 6.76. The number of fused-ring (bicyclic) bond motifs is 3. The summed E-state index contributed by atoms with van der Waals surface area (Å²) in [5.74, 6) is 3.34. The van der Waals surface area contributed by atoms with E-state index in [-0.39, 0.29) is 22.7 Å². The fourth-order valence-corrected chi connectivity index (χ4v) is 7.86. The van der Waals surface area contributed by atoms with E-state index in [1.165, 1.54) is 12.0 Å². The zero-order chi connectivity index (χ0) is 16.9. The third-order valence-electron chi connectivity index (χ3n) is 9.12. The predicted molar refractivity (Wildman–Crippen MR) is 91.1 cm³/mol. The van der Waals surface area contributed by atoms with Gasteiger partial charge in [0.15, 0.2) is 11.4 Å². The monoisotopic (exact) mass is 330 g/mol. The Bertz CT molecular complexity index is 651. The number of allylic oxidation sites excluding steroid dienone is 1. The summed E-state index contributed by atoms with van der Waals surface area (Å²) in [5, 5.41) is 10.3. The second kappa shape index (κ2) is 4.47. The number of ether oxygens (including phenoxy) is 1. The lowest BCUT2D eigenvalue weighted by Crippen LogP contribution is -2.54. The lowest BCUT2D eigenvalue weighted by molar-refractivity contribution is -0.154. The van der Waals surface area contributed by atoms with Crippen LogP contribution in [0.2, 0.25) is 0 Å². The van der Waals surface area contributed by atoms with Gasteiger partial charge >= 0.3 is 0 Å². The number of ketones is 1. The summed E-state index contributed by atoms with van der Waals surface area (Å²) >= 11 is 0. The molecule has 1 N–H and O–H groups in total. The zero-order valence-corrected chi connectivity index (χ0v) is 15.2. The third kappa shape index (κ3) is 1.52. The van der Waals surface area contributed by atoms with Gasteiger partial charge in [-0.2, -0.15) is 0 Å². The summed E-state index contributed by atoms with van der Waals surface area (Å²) in [6.45, 7) is 6.51. The molecular formula is C21H30O3. The van der Waals surface area contributed by atoms with Gasteiger partial charge in [-0.25, -0.2) is 0 Å². The van der Waals surface area contributed by atoms with Crippen LogP contribution < -0.4 is 0 Å². The number of aliphatic hydroxyl groups is 1. The number of rotatable bonds is 1. The highest BCUT2D eigenvalue weighted by Crippen LogP contribution is 2.71. The minimum absolute atomic E-state index is 0.00474. The molecule has 5 rings (SSSR count). The van der Waals surface area contributed by atoms with E-state index in [4.69, 9.17) is 4.74 Å². The van der Waals surface area contributed by atoms with Crippen LogP contribution in [0.5, 0.6) is 0 Å². The maximum absolute atomic E-state index is 12.8. The molecule has 3 heteroatoms. The van der Waals surface area contributed by atoms with E-state index in [0.717, 1.165) is 50.7 Å². The van der Waals surface area contributed by atoms with Crippen LogP contribution in [0.15, 0.2) is 11.3 Å². The number of carbonyl (C=O) groups excluding carboxylic acids is 1. The van der Waals surface area contributed by atoms with Gasteiger partial charge in [-0.05, 0) is 80.6 Å². The number of hydrogen-bond donors (Lipinski definition) is 1. The average molecular weight is 330 g/mol. The summed E-state index contributed by atoms with van der Waals surface area (Å²) in [5.41, 5.74) is 0.944. The SMILES string of the molecule is CC(=O)[C@@]12CC[C@H]3[C@@H]4CC(=C5CC(O)CC[C@]5(C)[C@H]4CC[C@@]31C)O2. The second-order valence-corrected chi connectivity index (χ2v) is 9.78. The quantitative estimate of drug-likeness (QED) is 0.790. The van der Waals surface area contributed by atoms with Crippen molar-refractivity contribution in [1.29, 1.82) is 0 Å². The molecule has 5 bridgehead atoms. The highest BCUT2D eigenvalue weighted by atomic mass is 16.5. The molecule has 1 saturated heterocycles. The highest BCUT2D eigenvalue weighted by molar-refractivity contribution is 5.87. The first-order valence-corrected chi connectivity index (χ1v) is 9.92. The van der Waals surface area contributed by atoms with Crippen molar-refractivity contribution in [2.24, 2.45) is 28.6 Å². The first kappa shape index (κ1) is 15.4. The zero-order valence-electron chi connectivity index (χ0n) is 15.2. The molecule has 24 heavy (non-hydrogen) atoms. The van der Waals surface area contributed by atoms with E-state index in [1.807, 2.05) is 0 Å². The molecule has 0 aromatic heterocycles. The van der Waals surface area contributed by atoms with Gasteiger partial charge < -0.3 is 9.84 Å². The molecule has 0 aromatic carbocycles. The van der Waals surface area contributed by atoms with Gasteiger partial charge in [-0.1, -0.05) is 13.8 Å². The lowest BCUT2D eigenvalue weighted by atomic mass is 9.47. The van der Waals surface area contributed by atoms with E-state index in [2.05, 4.69) is 13.8 Å². The molecule has 1 unspecified atom stereocenters. The lowest BCUT2D eigenvalue weighted by Gasteiger charge is -2.56. The molecule has 132 valence electrons. The maximum Gasteiger partial charge on any atom is 0.173 e. The number of hydrogen-bond acceptors (Lipinski definition) is 3. The van der Waals surface area contributed by atoms with Crippen molar-refractivity contribution in [3.63, 3.8) is 0 Å². The van der Waals surface area contributed by atoms with Crippen LogP contribution in [0.4, 0.5) is 0 Å². The Hall–Kier alpha value is -0.830. The van der Waals surface area contributed by atoms with Gasteiger partial charge in [-0.3, -0.25) is 4.79 Å². The summed E-state index contributed by atoms with van der Waals surface area (Å²) in [6, 6.07) is 0. The molecule has 0 radical (unpaired) electrons. The molecule has 7 atom stereocenters. The van der Waals surface area contributed by atoms with Gasteiger partial charge in [0.1, 0.15) is 0 Å². The van der Waals surface area contributed by atoms with Crippen molar-refractivity contribution >= 4 is 5.78 Å². The third-order valence-corrected chi connectivity index (χ3v) is 9.12. The van der Waals surface area contributed by atoms with Crippen LogP contribution in [0.25, 0.3) is 0 Å². The summed E-state index contributed by atoms with van der Waals surface area (Å²) in [7, 11) is 0. The van der Waals surface area contributed by atoms with Crippen LogP contribution in [0, 0.1) is 28.6 Å². The Morgan fingerprint density at radius 1 is 1.08 bits per heavy atom. The molecule has 0 amide bonds. The molecule has 3 saturated carbocycles. The predicted octanol–water partition coefficient (Wildman–Crippen LogP) is 4.00. The number of carbonyl (C=O) groups is 1. The number of aliphatic hydroxyl groups excluding tert-OH is 1. The second-order valence-electron chi connectivity index (χ2n) is 9.78. The van der Waals surface area contributed by atoms with Crippen LogP contribution in [0.3, 0.4) is 0 Å². The van der Waals surface area contributed by atoms with Crippen LogP contribution in [-0.4, -0.2) is 22.6 Å². The smallest absolute Gasteiger partial charge is 0.173 e. The van der Waals surface area contributed by atoms with Gasteiger partial charge in [-0.15, -0.1) is 0 Å². The van der Waals surface area contributed by atoms with Gasteiger partial charge in [0.25, 0.3) is 0 Å². The molecule has 5 aliphatic rings. The van der Waals surface area contributed by atoms with E-state index >= 15 is 0 Å². The highest BCUT2D eigenvalue weighted by Gasteiger charge is 2.70. The Morgan fingerprint density at radius 3 is 2.58 bits per heavy atom. The minimum atomic E-state index is -0.604. The standard InChI is InChI=1S/C21H30O3/c1-12(22)21-9-6-16-14-11-18(24-21)17-10-13(23)4-7-19(17,2)15(14)5-8-20(16,21)3/h13-16,23H,4-11H2,1-3H3/t13?,14-,15+,16+,19-,20+,21+/m1/s1. The van der Waals surface area contributed by atoms with Crippen molar-refractivity contribution in [2.75, 3.05) is 0 Å². The van der Waals surface area contributed by atoms with Crippen LogP contribution in [0.1, 0.15) is 72.1 Å². The van der Waals surface area contributed by atoms with E-state index in [1.54, 1.807) is 6.92 Å². The van der Waals surface area contributed by atoms with E-state index in [0.29, 0.717) is 17.8 Å². The molecule has 4 fully saturated rings. The van der Waals surface area contributed by atoms with Crippen LogP contribution >= 0.6 is 0 Å². The minimum Gasteiger partial charge on any atom is -0.483 e. The molecule has 3 nitrogen and oxygen atoms in total. The van der Waals surface area contributed by atoms with Crippen molar-refractivity contribution in [1.82, 2.24) is 0 Å². The summed E-state index contributed by atoms with van der Waals surface area (Å²) in [6.07, 6.45) is 7.91. The van der Waals surface area contributed by atoms with Gasteiger partial charge in [0, 0.05) is 11.8 Å². The van der Waals surface area contributed by atoms with Gasteiger partial charge in [0.05, 0.1) is 11.9 Å². The largest absolute Gasteiger partial charge is 0.483 e. The van der Waals surface area contributed by atoms with Crippen molar-refractivity contribution in [3.05, 3.63) is 11.3 Å². The Kier molecular flexibility index (Phi) is 2.87. The molecule has 1 heterocycles. The Morgan fingerprint density at radius 2 is 1.83 bits per heavy atom. The molecule has 0 spiro atoms. The maximum atomic E-state index is 12.8. The molecule has 4 aliphatic carbocycles. The van der Waals surface area contributed by atoms with Crippen LogP contribution in [-0.2, 0) is 9.53 Å². The average Bonchev–Trinajstić information content (AvgIpc) is 2.80. The van der Waals surface area contributed by atoms with E-state index < -0.39 is 5.60 Å². The molecule has 0 aromatic rings. The van der Waals surface area contributed by atoms with E-state index in [9.17, 15) is 9.90 Å². The topological polar surface area (TPSA) is 46.5 Å². The first-order chi connectivity index (χ1) is 11.3. The normalized spacial score (nSPS) is 55.0.